The van der Waals surface area contributed by atoms with E-state index in [1.165, 1.54) is 62.4 Å². The van der Waals surface area contributed by atoms with Crippen molar-refractivity contribution < 1.29 is 22.2 Å². The highest BCUT2D eigenvalue weighted by atomic mass is 32.2. The lowest BCUT2D eigenvalue weighted by atomic mass is 10.1. The molecule has 0 unspecified atom stereocenters. The Labute approximate surface area is 128 Å². The topological polar surface area (TPSA) is 77.5 Å². The van der Waals surface area contributed by atoms with Crippen LogP contribution in [0.2, 0.25) is 0 Å². The second-order valence-electron chi connectivity index (χ2n) is 4.70. The minimum Gasteiger partial charge on any atom is -0.379 e. The highest BCUT2D eigenvalue weighted by Crippen LogP contribution is 2.20. The second-order valence-corrected chi connectivity index (χ2v) is 6.25. The van der Waals surface area contributed by atoms with Crippen molar-refractivity contribution in [3.8, 4) is 5.75 Å². The van der Waals surface area contributed by atoms with Crippen molar-refractivity contribution in [2.45, 2.75) is 18.7 Å². The number of benzene rings is 2. The molecule has 22 heavy (non-hydrogen) atoms. The van der Waals surface area contributed by atoms with Gasteiger partial charge < -0.3 is 4.18 Å². The predicted octanol–water partition coefficient (Wildman–Crippen LogP) is 2.86. The van der Waals surface area contributed by atoms with Crippen molar-refractivity contribution in [1.82, 2.24) is 0 Å². The first-order chi connectivity index (χ1) is 10.3. The van der Waals surface area contributed by atoms with Crippen LogP contribution in [0.3, 0.4) is 0 Å². The van der Waals surface area contributed by atoms with Gasteiger partial charge in [0.2, 0.25) is 0 Å². The Bertz CT molecular complexity index is 820. The summed E-state index contributed by atoms with van der Waals surface area (Å²) in [5.74, 6) is -0.260. The van der Waals surface area contributed by atoms with Crippen molar-refractivity contribution in [2.75, 3.05) is 0 Å². The molecule has 0 fully saturated rings. The molecule has 0 atom stereocenters. The molecular formula is C16H14O5S. The predicted molar refractivity (Wildman–Crippen MR) is 80.7 cm³/mol. The molecule has 0 saturated carbocycles. The molecule has 114 valence electrons. The minimum atomic E-state index is -4.04. The average molecular weight is 318 g/mol. The van der Waals surface area contributed by atoms with E-state index in [1.54, 1.807) is 0 Å². The molecule has 0 bridgehead atoms. The molecule has 0 radical (unpaired) electrons. The summed E-state index contributed by atoms with van der Waals surface area (Å²) >= 11 is 0. The first-order valence-electron chi connectivity index (χ1n) is 6.46. The van der Waals surface area contributed by atoms with E-state index in [-0.39, 0.29) is 27.8 Å². The van der Waals surface area contributed by atoms with Gasteiger partial charge in [0.05, 0.1) is 0 Å². The molecule has 0 aliphatic heterocycles. The van der Waals surface area contributed by atoms with E-state index in [2.05, 4.69) is 0 Å². The van der Waals surface area contributed by atoms with E-state index in [9.17, 15) is 18.0 Å². The molecule has 0 saturated heterocycles. The van der Waals surface area contributed by atoms with Crippen LogP contribution in [0.25, 0.3) is 0 Å². The number of hydrogen-bond acceptors (Lipinski definition) is 5. The summed E-state index contributed by atoms with van der Waals surface area (Å²) in [5, 5.41) is 0. The second kappa shape index (κ2) is 6.11. The fraction of sp³-hybridized carbons (Fsp3) is 0.125. The van der Waals surface area contributed by atoms with E-state index >= 15 is 0 Å². The summed E-state index contributed by atoms with van der Waals surface area (Å²) in [6.07, 6.45) is 0. The maximum Gasteiger partial charge on any atom is 0.339 e. The Morgan fingerprint density at radius 1 is 0.864 bits per heavy atom. The Hall–Kier alpha value is -2.47. The van der Waals surface area contributed by atoms with Crippen molar-refractivity contribution >= 4 is 21.7 Å². The molecule has 5 nitrogen and oxygen atoms in total. The molecule has 2 aromatic rings. The lowest BCUT2D eigenvalue weighted by Crippen LogP contribution is -2.10. The quantitative estimate of drug-likeness (QED) is 0.626. The maximum atomic E-state index is 12.2. The first-order valence-corrected chi connectivity index (χ1v) is 7.87. The third kappa shape index (κ3) is 3.59. The first kappa shape index (κ1) is 15.9. The van der Waals surface area contributed by atoms with Crippen molar-refractivity contribution in [1.29, 1.82) is 0 Å². The molecule has 0 aromatic heterocycles. The standard InChI is InChI=1S/C16H14O5S/c1-11(17)13-6-8-15(9-7-13)21-22(19,20)16-5-3-4-14(10-16)12(2)18/h3-10H,1-2H3. The SMILES string of the molecule is CC(=O)c1ccc(OS(=O)(=O)c2cccc(C(C)=O)c2)cc1. The van der Waals surface area contributed by atoms with Crippen LogP contribution in [0, 0.1) is 0 Å². The van der Waals surface area contributed by atoms with Crippen LogP contribution in [-0.2, 0) is 10.1 Å². The number of carbonyl (C=O) groups excluding carboxylic acids is 2. The Balaban J connectivity index is 2.29. The summed E-state index contributed by atoms with van der Waals surface area (Å²) in [6.45, 7) is 2.77. The molecule has 0 heterocycles. The number of rotatable bonds is 5. The van der Waals surface area contributed by atoms with Gasteiger partial charge in [0.25, 0.3) is 0 Å². The minimum absolute atomic E-state index is 0.0956. The summed E-state index contributed by atoms with van der Waals surface area (Å²) < 4.78 is 29.4. The Kier molecular flexibility index (Phi) is 4.42. The Morgan fingerprint density at radius 2 is 1.45 bits per heavy atom. The molecule has 0 amide bonds. The van der Waals surface area contributed by atoms with Crippen molar-refractivity contribution in [2.24, 2.45) is 0 Å². The van der Waals surface area contributed by atoms with Gasteiger partial charge in [0.15, 0.2) is 11.6 Å². The van der Waals surface area contributed by atoms with Gasteiger partial charge in [-0.15, -0.1) is 0 Å². The van der Waals surface area contributed by atoms with Crippen LogP contribution in [0.4, 0.5) is 0 Å². The van der Waals surface area contributed by atoms with Crippen LogP contribution in [0.5, 0.6) is 5.75 Å². The molecule has 2 aromatic carbocycles. The Morgan fingerprint density at radius 3 is 2.00 bits per heavy atom. The summed E-state index contributed by atoms with van der Waals surface area (Å²) in [6, 6.07) is 11.4. The molecule has 0 aliphatic carbocycles. The van der Waals surface area contributed by atoms with Crippen LogP contribution in [0.1, 0.15) is 34.6 Å². The van der Waals surface area contributed by atoms with Gasteiger partial charge in [-0.3, -0.25) is 9.59 Å². The third-order valence-corrected chi connectivity index (χ3v) is 4.24. The summed E-state index contributed by atoms with van der Waals surface area (Å²) in [4.78, 5) is 22.4. The van der Waals surface area contributed by atoms with Gasteiger partial charge in [-0.25, -0.2) is 0 Å². The normalized spacial score (nSPS) is 11.0. The van der Waals surface area contributed by atoms with E-state index in [1.807, 2.05) is 0 Å². The van der Waals surface area contributed by atoms with Gasteiger partial charge in [-0.2, -0.15) is 8.42 Å². The molecule has 0 aliphatic rings. The highest BCUT2D eigenvalue weighted by molar-refractivity contribution is 7.87. The smallest absolute Gasteiger partial charge is 0.339 e. The van der Waals surface area contributed by atoms with E-state index in [4.69, 9.17) is 4.18 Å². The summed E-state index contributed by atoms with van der Waals surface area (Å²) in [7, 11) is -4.04. The lowest BCUT2D eigenvalue weighted by molar-refractivity contribution is 0.100. The van der Waals surface area contributed by atoms with E-state index in [0.717, 1.165) is 0 Å². The fourth-order valence-corrected chi connectivity index (χ4v) is 2.77. The molecule has 0 N–H and O–H groups in total. The van der Waals surface area contributed by atoms with Crippen LogP contribution < -0.4 is 4.18 Å². The molecule has 0 spiro atoms. The van der Waals surface area contributed by atoms with Gasteiger partial charge in [0.1, 0.15) is 10.6 Å². The zero-order valence-corrected chi connectivity index (χ0v) is 12.9. The van der Waals surface area contributed by atoms with Crippen molar-refractivity contribution in [3.05, 3.63) is 59.7 Å². The van der Waals surface area contributed by atoms with E-state index in [0.29, 0.717) is 5.56 Å². The van der Waals surface area contributed by atoms with Crippen LogP contribution in [0.15, 0.2) is 53.4 Å². The van der Waals surface area contributed by atoms with Crippen LogP contribution in [-0.4, -0.2) is 20.0 Å². The van der Waals surface area contributed by atoms with E-state index < -0.39 is 10.1 Å². The zero-order valence-electron chi connectivity index (χ0n) is 12.1. The van der Waals surface area contributed by atoms with Crippen LogP contribution >= 0.6 is 0 Å². The molecule has 6 heteroatoms. The van der Waals surface area contributed by atoms with Gasteiger partial charge in [0, 0.05) is 11.1 Å². The number of hydrogen-bond donors (Lipinski definition) is 0. The van der Waals surface area contributed by atoms with Crippen molar-refractivity contribution in [3.63, 3.8) is 0 Å². The number of carbonyl (C=O) groups is 2. The summed E-state index contributed by atoms with van der Waals surface area (Å²) in [5.41, 5.74) is 0.750. The maximum absolute atomic E-state index is 12.2. The monoisotopic (exact) mass is 318 g/mol. The molecule has 2 rings (SSSR count). The van der Waals surface area contributed by atoms with Gasteiger partial charge in [-0.1, -0.05) is 12.1 Å². The van der Waals surface area contributed by atoms with Gasteiger partial charge >= 0.3 is 10.1 Å². The average Bonchev–Trinajstić information content (AvgIpc) is 2.47. The fourth-order valence-electron chi connectivity index (χ4n) is 1.79. The zero-order chi connectivity index (χ0) is 16.3. The lowest BCUT2D eigenvalue weighted by Gasteiger charge is -2.08. The largest absolute Gasteiger partial charge is 0.379 e. The number of ketones is 2. The number of Topliss-reactive ketones (excluding diaryl/α,β-unsaturated/α-hetero) is 2. The molecular weight excluding hydrogens is 304 g/mol. The van der Waals surface area contributed by atoms with Gasteiger partial charge in [-0.05, 0) is 50.2 Å². The highest BCUT2D eigenvalue weighted by Gasteiger charge is 2.18. The third-order valence-electron chi connectivity index (χ3n) is 3.00.